The predicted octanol–water partition coefficient (Wildman–Crippen LogP) is 3.18. The molecule has 3 rings (SSSR count). The second-order valence-corrected chi connectivity index (χ2v) is 8.29. The van der Waals surface area contributed by atoms with Gasteiger partial charge in [-0.15, -0.1) is 11.3 Å². The molecule has 0 bridgehead atoms. The number of nitrogens with zero attached hydrogens (tertiary/aromatic N) is 3. The third-order valence-corrected chi connectivity index (χ3v) is 6.15. The topological polar surface area (TPSA) is 40.1 Å². The molecule has 28 heavy (non-hydrogen) atoms. The summed E-state index contributed by atoms with van der Waals surface area (Å²) in [6.45, 7) is 7.48. The predicted molar refractivity (Wildman–Crippen MR) is 118 cm³/mol. The Hall–Kier alpha value is -1.89. The highest BCUT2D eigenvalue weighted by Gasteiger charge is 2.23. The average Bonchev–Trinajstić information content (AvgIpc) is 3.24. The van der Waals surface area contributed by atoms with Gasteiger partial charge in [0.05, 0.1) is 19.3 Å². The summed E-state index contributed by atoms with van der Waals surface area (Å²) >= 11 is 1.81. The van der Waals surface area contributed by atoms with E-state index < -0.39 is 0 Å². The van der Waals surface area contributed by atoms with Crippen LogP contribution in [0.1, 0.15) is 22.0 Å². The molecule has 1 N–H and O–H groups in total. The van der Waals surface area contributed by atoms with Crippen LogP contribution in [-0.2, 0) is 11.2 Å². The van der Waals surface area contributed by atoms with Gasteiger partial charge in [-0.3, -0.25) is 9.89 Å². The second kappa shape index (κ2) is 10.6. The van der Waals surface area contributed by atoms with Gasteiger partial charge in [0.25, 0.3) is 0 Å². The van der Waals surface area contributed by atoms with Crippen molar-refractivity contribution in [3.05, 3.63) is 57.8 Å². The number of hydrogen-bond donors (Lipinski definition) is 1. The first-order chi connectivity index (χ1) is 13.7. The summed E-state index contributed by atoms with van der Waals surface area (Å²) in [6, 6.07) is 13.5. The second-order valence-electron chi connectivity index (χ2n) is 7.26. The van der Waals surface area contributed by atoms with Crippen LogP contribution in [0.2, 0.25) is 0 Å². The van der Waals surface area contributed by atoms with Gasteiger partial charge in [-0.1, -0.05) is 35.9 Å². The lowest BCUT2D eigenvalue weighted by atomic mass is 10.0. The van der Waals surface area contributed by atoms with Crippen LogP contribution >= 0.6 is 11.3 Å². The number of rotatable bonds is 7. The number of morpholine rings is 1. The maximum absolute atomic E-state index is 5.57. The summed E-state index contributed by atoms with van der Waals surface area (Å²) < 4.78 is 5.57. The molecule has 5 nitrogen and oxygen atoms in total. The third-order valence-electron chi connectivity index (χ3n) is 5.21. The lowest BCUT2D eigenvalue weighted by Crippen LogP contribution is -2.47. The molecule has 1 saturated heterocycles. The van der Waals surface area contributed by atoms with E-state index in [2.05, 4.69) is 75.9 Å². The van der Waals surface area contributed by atoms with E-state index in [0.29, 0.717) is 6.04 Å². The van der Waals surface area contributed by atoms with Gasteiger partial charge >= 0.3 is 0 Å². The molecule has 0 spiro atoms. The Morgan fingerprint density at radius 1 is 1.29 bits per heavy atom. The van der Waals surface area contributed by atoms with Crippen molar-refractivity contribution in [2.75, 3.05) is 53.5 Å². The molecule has 0 amide bonds. The summed E-state index contributed by atoms with van der Waals surface area (Å²) in [5.74, 6) is 0.947. The van der Waals surface area contributed by atoms with E-state index >= 15 is 0 Å². The van der Waals surface area contributed by atoms with Crippen LogP contribution < -0.4 is 5.32 Å². The van der Waals surface area contributed by atoms with Gasteiger partial charge in [0.1, 0.15) is 0 Å². The summed E-state index contributed by atoms with van der Waals surface area (Å²) in [7, 11) is 3.97. The first-order valence-electron chi connectivity index (χ1n) is 10.00. The molecule has 152 valence electrons. The monoisotopic (exact) mass is 400 g/mol. The number of aliphatic imine (C=N–C) groups is 1. The fourth-order valence-electron chi connectivity index (χ4n) is 3.64. The van der Waals surface area contributed by atoms with Crippen molar-refractivity contribution >= 4 is 17.3 Å². The molecule has 0 radical (unpaired) electrons. The Balaban J connectivity index is 1.63. The van der Waals surface area contributed by atoms with E-state index in [1.807, 2.05) is 18.4 Å². The standard InChI is InChI=1S/C22H32N4OS/c1-18-6-4-7-19(16-18)21(26-11-13-27-14-12-26)17-24-22(23-2)25(3)10-9-20-8-5-15-28-20/h4-8,15-16,21H,9-14,17H2,1-3H3,(H,23,24). The zero-order chi connectivity index (χ0) is 19.8. The molecule has 6 heteroatoms. The van der Waals surface area contributed by atoms with E-state index in [-0.39, 0.29) is 0 Å². The molecular weight excluding hydrogens is 368 g/mol. The molecule has 0 aliphatic carbocycles. The zero-order valence-corrected chi connectivity index (χ0v) is 18.0. The number of ether oxygens (including phenoxy) is 1. The molecule has 1 aliphatic rings. The van der Waals surface area contributed by atoms with Crippen molar-refractivity contribution in [2.45, 2.75) is 19.4 Å². The van der Waals surface area contributed by atoms with Crippen molar-refractivity contribution in [3.8, 4) is 0 Å². The molecule has 0 saturated carbocycles. The summed E-state index contributed by atoms with van der Waals surface area (Å²) in [6.07, 6.45) is 1.04. The van der Waals surface area contributed by atoms with Crippen molar-refractivity contribution in [2.24, 2.45) is 4.99 Å². The minimum atomic E-state index is 0.311. The molecular formula is C22H32N4OS. The normalized spacial score (nSPS) is 16.8. The van der Waals surface area contributed by atoms with Crippen LogP contribution in [0.4, 0.5) is 0 Å². The fourth-order valence-corrected chi connectivity index (χ4v) is 4.33. The Labute approximate surface area is 173 Å². The van der Waals surface area contributed by atoms with Crippen molar-refractivity contribution in [3.63, 3.8) is 0 Å². The highest BCUT2D eigenvalue weighted by Crippen LogP contribution is 2.22. The Kier molecular flexibility index (Phi) is 7.89. The number of guanidine groups is 1. The van der Waals surface area contributed by atoms with Gasteiger partial charge in [0, 0.05) is 45.2 Å². The Bertz CT molecular complexity index is 741. The number of thiophene rings is 1. The summed E-state index contributed by atoms with van der Waals surface area (Å²) in [5, 5.41) is 5.75. The van der Waals surface area contributed by atoms with E-state index in [1.165, 1.54) is 16.0 Å². The van der Waals surface area contributed by atoms with Crippen LogP contribution in [-0.4, -0.2) is 69.2 Å². The highest BCUT2D eigenvalue weighted by atomic mass is 32.1. The van der Waals surface area contributed by atoms with Gasteiger partial charge in [-0.05, 0) is 30.4 Å². The third kappa shape index (κ3) is 5.80. The molecule has 1 aromatic heterocycles. The van der Waals surface area contributed by atoms with Crippen molar-refractivity contribution in [1.82, 2.24) is 15.1 Å². The van der Waals surface area contributed by atoms with Gasteiger partial charge in [0.2, 0.25) is 0 Å². The summed E-state index contributed by atoms with van der Waals surface area (Å²) in [4.78, 5) is 10.7. The Morgan fingerprint density at radius 3 is 2.79 bits per heavy atom. The first kappa shape index (κ1) is 20.8. The van der Waals surface area contributed by atoms with Crippen LogP contribution in [0.15, 0.2) is 46.8 Å². The molecule has 1 aliphatic heterocycles. The molecule has 2 aromatic rings. The Morgan fingerprint density at radius 2 is 2.11 bits per heavy atom. The molecule has 2 heterocycles. The number of aryl methyl sites for hydroxylation is 1. The lowest BCUT2D eigenvalue weighted by molar-refractivity contribution is 0.0169. The number of nitrogens with one attached hydrogen (secondary N) is 1. The first-order valence-corrected chi connectivity index (χ1v) is 10.9. The van der Waals surface area contributed by atoms with E-state index in [4.69, 9.17) is 4.74 Å². The maximum atomic E-state index is 5.57. The largest absolute Gasteiger partial charge is 0.379 e. The zero-order valence-electron chi connectivity index (χ0n) is 17.2. The number of likely N-dealkylation sites (N-methyl/N-ethyl adjacent to an activating group) is 1. The van der Waals surface area contributed by atoms with Crippen LogP contribution in [0, 0.1) is 6.92 Å². The molecule has 1 aromatic carbocycles. The minimum Gasteiger partial charge on any atom is -0.379 e. The maximum Gasteiger partial charge on any atom is 0.193 e. The SMILES string of the molecule is CN=C(NCC(c1cccc(C)c1)N1CCOCC1)N(C)CCc1cccs1. The average molecular weight is 401 g/mol. The van der Waals surface area contributed by atoms with Gasteiger partial charge in [0.15, 0.2) is 5.96 Å². The summed E-state index contributed by atoms with van der Waals surface area (Å²) in [5.41, 5.74) is 2.65. The fraction of sp³-hybridized carbons (Fsp3) is 0.500. The number of hydrogen-bond acceptors (Lipinski definition) is 4. The van der Waals surface area contributed by atoms with Crippen molar-refractivity contribution in [1.29, 1.82) is 0 Å². The quantitative estimate of drug-likeness (QED) is 0.572. The van der Waals surface area contributed by atoms with Crippen molar-refractivity contribution < 1.29 is 4.74 Å². The van der Waals surface area contributed by atoms with E-state index in [1.54, 1.807) is 0 Å². The molecule has 1 atom stereocenters. The smallest absolute Gasteiger partial charge is 0.193 e. The van der Waals surface area contributed by atoms with E-state index in [9.17, 15) is 0 Å². The van der Waals surface area contributed by atoms with Gasteiger partial charge in [-0.2, -0.15) is 0 Å². The van der Waals surface area contributed by atoms with Gasteiger partial charge < -0.3 is 15.0 Å². The molecule has 1 fully saturated rings. The molecule has 1 unspecified atom stereocenters. The van der Waals surface area contributed by atoms with Crippen LogP contribution in [0.25, 0.3) is 0 Å². The lowest BCUT2D eigenvalue weighted by Gasteiger charge is -2.36. The van der Waals surface area contributed by atoms with E-state index in [0.717, 1.165) is 51.8 Å². The van der Waals surface area contributed by atoms with Gasteiger partial charge in [-0.25, -0.2) is 0 Å². The van der Waals surface area contributed by atoms with Crippen LogP contribution in [0.5, 0.6) is 0 Å². The highest BCUT2D eigenvalue weighted by molar-refractivity contribution is 7.09. The minimum absolute atomic E-state index is 0.311. The van der Waals surface area contributed by atoms with Crippen LogP contribution in [0.3, 0.4) is 0 Å². The number of benzene rings is 1.